The van der Waals surface area contributed by atoms with Crippen LogP contribution in [0.2, 0.25) is 0 Å². The first-order chi connectivity index (χ1) is 17.6. The molecule has 0 spiro atoms. The van der Waals surface area contributed by atoms with Gasteiger partial charge in [-0.15, -0.1) is 0 Å². The van der Waals surface area contributed by atoms with Crippen molar-refractivity contribution in [1.29, 1.82) is 0 Å². The van der Waals surface area contributed by atoms with E-state index >= 15 is 0 Å². The largest absolute Gasteiger partial charge is 0.465 e. The second-order valence-electron chi connectivity index (χ2n) is 12.9. The summed E-state index contributed by atoms with van der Waals surface area (Å²) in [4.78, 5) is 12.6. The Balaban J connectivity index is 1.40. The first-order valence-corrected chi connectivity index (χ1v) is 14.9. The molecule has 4 rings (SSSR count). The van der Waals surface area contributed by atoms with E-state index in [1.54, 1.807) is 0 Å². The van der Waals surface area contributed by atoms with Gasteiger partial charge >= 0.3 is 5.97 Å². The van der Waals surface area contributed by atoms with Crippen molar-refractivity contribution in [3.05, 3.63) is 35.5 Å². The lowest BCUT2D eigenvalue weighted by atomic mass is 9.61. The van der Waals surface area contributed by atoms with Gasteiger partial charge in [-0.25, -0.2) is 0 Å². The maximum Gasteiger partial charge on any atom is 0.315 e. The van der Waals surface area contributed by atoms with Crippen LogP contribution in [-0.4, -0.2) is 46.2 Å². The molecule has 0 aromatic rings. The molecule has 7 atom stereocenters. The molecule has 4 aliphatic rings. The van der Waals surface area contributed by atoms with Gasteiger partial charge in [-0.3, -0.25) is 4.79 Å². The molecule has 4 fully saturated rings. The number of rotatable bonds is 9. The minimum absolute atomic E-state index is 0.0621. The summed E-state index contributed by atoms with van der Waals surface area (Å²) >= 11 is 0. The summed E-state index contributed by atoms with van der Waals surface area (Å²) in [5.74, 6) is 1.14. The van der Waals surface area contributed by atoms with Crippen molar-refractivity contribution in [2.24, 2.45) is 34.5 Å². The van der Waals surface area contributed by atoms with Gasteiger partial charge in [0.2, 0.25) is 0 Å². The second-order valence-corrected chi connectivity index (χ2v) is 12.9. The van der Waals surface area contributed by atoms with Gasteiger partial charge in [-0.1, -0.05) is 69.6 Å². The van der Waals surface area contributed by atoms with Crippen LogP contribution in [-0.2, 0) is 9.53 Å². The molecule has 0 saturated heterocycles. The van der Waals surface area contributed by atoms with Gasteiger partial charge in [0.05, 0.1) is 30.3 Å². The first kappa shape index (κ1) is 28.6. The zero-order valence-electron chi connectivity index (χ0n) is 23.5. The fraction of sp³-hybridized carbons (Fsp3) is 0.781. The Bertz CT molecular complexity index is 885. The third kappa shape index (κ3) is 5.94. The summed E-state index contributed by atoms with van der Waals surface area (Å²) in [5.41, 5.74) is 2.18. The number of hydrogen-bond donors (Lipinski definition) is 3. The molecular weight excluding hydrogens is 464 g/mol. The molecule has 0 aromatic heterocycles. The van der Waals surface area contributed by atoms with Crippen molar-refractivity contribution in [3.63, 3.8) is 0 Å². The van der Waals surface area contributed by atoms with Crippen molar-refractivity contribution >= 4 is 5.97 Å². The molecule has 5 heteroatoms. The average molecular weight is 515 g/mol. The highest BCUT2D eigenvalue weighted by Gasteiger charge is 2.56. The third-order valence-electron chi connectivity index (χ3n) is 10.5. The Morgan fingerprint density at radius 2 is 1.81 bits per heavy atom. The second kappa shape index (κ2) is 11.8. The molecule has 0 radical (unpaired) electrons. The molecule has 5 nitrogen and oxygen atoms in total. The Morgan fingerprint density at radius 1 is 1.11 bits per heavy atom. The highest BCUT2D eigenvalue weighted by atomic mass is 16.5. The van der Waals surface area contributed by atoms with Crippen LogP contribution < -0.4 is 0 Å². The molecular formula is C32H50O5. The van der Waals surface area contributed by atoms with Crippen molar-refractivity contribution in [2.45, 2.75) is 117 Å². The standard InChI is InChI=1S/C32H50O5/c1-5-6-18-37-30(36)32(16-17-32)29(35)14-9-21(2)25-12-13-26-24(8-7-15-31(25,26)4)11-10-23-19-27(33)22(3)28(34)20-23/h9-11,14,21-22,25-29,33-35H,5-8,12-13,15-20H2,1-4H3/b14-9+,23-10?,24-11+/t21-,22?,25-,26+,27-,28-,29-,31-/m1/s1. The predicted molar refractivity (Wildman–Crippen MR) is 147 cm³/mol. The molecule has 0 aliphatic heterocycles. The summed E-state index contributed by atoms with van der Waals surface area (Å²) in [6, 6.07) is 0. The lowest BCUT2D eigenvalue weighted by molar-refractivity contribution is -0.153. The number of unbranched alkanes of at least 4 members (excludes halogenated alkanes) is 1. The fourth-order valence-corrected chi connectivity index (χ4v) is 7.56. The van der Waals surface area contributed by atoms with Crippen LogP contribution in [0, 0.1) is 34.5 Å². The SMILES string of the molecule is CCCCOC(=O)C1([C@H](O)/C=C/[C@@H](C)[C@H]2CC[C@H]3/C(=C/C=C4C[C@@H](O)C(C)[C@H](O)C4)CCC[C@]23C)CC1. The third-order valence-corrected chi connectivity index (χ3v) is 10.5. The van der Waals surface area contributed by atoms with Crippen LogP contribution in [0.3, 0.4) is 0 Å². The zero-order valence-corrected chi connectivity index (χ0v) is 23.5. The first-order valence-electron chi connectivity index (χ1n) is 14.9. The molecule has 4 saturated carbocycles. The molecule has 37 heavy (non-hydrogen) atoms. The van der Waals surface area contributed by atoms with Gasteiger partial charge in [0.25, 0.3) is 0 Å². The van der Waals surface area contributed by atoms with Crippen molar-refractivity contribution in [2.75, 3.05) is 6.61 Å². The van der Waals surface area contributed by atoms with Gasteiger partial charge in [0, 0.05) is 5.92 Å². The number of aliphatic hydroxyl groups excluding tert-OH is 3. The van der Waals surface area contributed by atoms with E-state index in [-0.39, 0.29) is 17.3 Å². The minimum atomic E-state index is -0.772. The summed E-state index contributed by atoms with van der Waals surface area (Å²) in [7, 11) is 0. The van der Waals surface area contributed by atoms with Crippen LogP contribution in [0.5, 0.6) is 0 Å². The Labute approximate surface area is 224 Å². The van der Waals surface area contributed by atoms with Crippen molar-refractivity contribution in [1.82, 2.24) is 0 Å². The van der Waals surface area contributed by atoms with E-state index in [0.29, 0.717) is 50.0 Å². The lowest BCUT2D eigenvalue weighted by Crippen LogP contribution is -2.36. The number of hydrogen-bond acceptors (Lipinski definition) is 5. The Morgan fingerprint density at radius 3 is 2.46 bits per heavy atom. The summed E-state index contributed by atoms with van der Waals surface area (Å²) < 4.78 is 5.45. The van der Waals surface area contributed by atoms with E-state index in [0.717, 1.165) is 24.8 Å². The van der Waals surface area contributed by atoms with Crippen LogP contribution in [0.1, 0.15) is 98.3 Å². The molecule has 0 bridgehead atoms. The van der Waals surface area contributed by atoms with E-state index in [9.17, 15) is 20.1 Å². The maximum atomic E-state index is 12.6. The summed E-state index contributed by atoms with van der Waals surface area (Å²) in [5, 5.41) is 31.5. The lowest BCUT2D eigenvalue weighted by Gasteiger charge is -2.44. The van der Waals surface area contributed by atoms with Crippen LogP contribution in [0.15, 0.2) is 35.5 Å². The smallest absolute Gasteiger partial charge is 0.315 e. The van der Waals surface area contributed by atoms with Gasteiger partial charge in [-0.05, 0) is 87.4 Å². The topological polar surface area (TPSA) is 87.0 Å². The zero-order chi connectivity index (χ0) is 26.8. The summed E-state index contributed by atoms with van der Waals surface area (Å²) in [6.07, 6.45) is 17.3. The van der Waals surface area contributed by atoms with Crippen molar-refractivity contribution < 1.29 is 24.9 Å². The predicted octanol–water partition coefficient (Wildman–Crippen LogP) is 5.88. The highest BCUT2D eigenvalue weighted by molar-refractivity contribution is 5.81. The number of allylic oxidation sites excluding steroid dienone is 4. The molecule has 0 aromatic carbocycles. The van der Waals surface area contributed by atoms with E-state index in [4.69, 9.17) is 4.74 Å². The van der Waals surface area contributed by atoms with E-state index < -0.39 is 23.7 Å². The number of carbonyl (C=O) groups excluding carboxylic acids is 1. The normalized spacial score (nSPS) is 37.9. The highest BCUT2D eigenvalue weighted by Crippen LogP contribution is 2.59. The van der Waals surface area contributed by atoms with Crippen LogP contribution in [0.4, 0.5) is 0 Å². The van der Waals surface area contributed by atoms with Crippen molar-refractivity contribution in [3.8, 4) is 0 Å². The molecule has 0 unspecified atom stereocenters. The fourth-order valence-electron chi connectivity index (χ4n) is 7.56. The van der Waals surface area contributed by atoms with E-state index in [2.05, 4.69) is 39.0 Å². The van der Waals surface area contributed by atoms with Crippen LogP contribution in [0.25, 0.3) is 0 Å². The number of carbonyl (C=O) groups is 1. The van der Waals surface area contributed by atoms with Gasteiger partial charge < -0.3 is 20.1 Å². The molecule has 0 heterocycles. The molecule has 4 aliphatic carbocycles. The van der Waals surface area contributed by atoms with E-state index in [1.807, 2.05) is 13.0 Å². The minimum Gasteiger partial charge on any atom is -0.465 e. The number of ether oxygens (including phenoxy) is 1. The average Bonchev–Trinajstić information content (AvgIpc) is 3.60. The van der Waals surface area contributed by atoms with Gasteiger partial charge in [0.1, 0.15) is 0 Å². The number of aliphatic hydroxyl groups is 3. The number of esters is 1. The monoisotopic (exact) mass is 514 g/mol. The molecule has 3 N–H and O–H groups in total. The quantitative estimate of drug-likeness (QED) is 0.203. The summed E-state index contributed by atoms with van der Waals surface area (Å²) in [6.45, 7) is 9.17. The van der Waals surface area contributed by atoms with E-state index in [1.165, 1.54) is 31.3 Å². The van der Waals surface area contributed by atoms with Gasteiger partial charge in [0.15, 0.2) is 0 Å². The Hall–Kier alpha value is -1.43. The van der Waals surface area contributed by atoms with Gasteiger partial charge in [-0.2, -0.15) is 0 Å². The Kier molecular flexibility index (Phi) is 9.08. The molecule has 0 amide bonds. The molecule has 208 valence electrons. The maximum absolute atomic E-state index is 12.6. The van der Waals surface area contributed by atoms with Crippen LogP contribution >= 0.6 is 0 Å². The number of fused-ring (bicyclic) bond motifs is 1.